The summed E-state index contributed by atoms with van der Waals surface area (Å²) in [5.74, 6) is 1.54. The molecule has 2 aromatic rings. The number of hydrogen-bond acceptors (Lipinski definition) is 4. The molecule has 0 radical (unpaired) electrons. The van der Waals surface area contributed by atoms with Crippen LogP contribution in [0, 0.1) is 0 Å². The van der Waals surface area contributed by atoms with E-state index in [9.17, 15) is 9.59 Å². The highest BCUT2D eigenvalue weighted by atomic mass is 16.6. The van der Waals surface area contributed by atoms with E-state index in [-0.39, 0.29) is 17.9 Å². The van der Waals surface area contributed by atoms with Gasteiger partial charge in [0.1, 0.15) is 13.2 Å². The summed E-state index contributed by atoms with van der Waals surface area (Å²) in [4.78, 5) is 23.7. The Morgan fingerprint density at radius 2 is 1.82 bits per heavy atom. The highest BCUT2D eigenvalue weighted by molar-refractivity contribution is 5.94. The monoisotopic (exact) mass is 378 g/mol. The predicted molar refractivity (Wildman–Crippen MR) is 105 cm³/mol. The maximum absolute atomic E-state index is 12.5. The number of rotatable bonds is 6. The Morgan fingerprint density at radius 3 is 2.57 bits per heavy atom. The topological polar surface area (TPSA) is 76.7 Å². The molecule has 0 bridgehead atoms. The van der Waals surface area contributed by atoms with Crippen LogP contribution in [0.5, 0.6) is 11.5 Å². The van der Waals surface area contributed by atoms with Crippen LogP contribution in [0.1, 0.15) is 33.8 Å². The number of carbonyl (C=O) groups excluding carboxylic acids is 2. The molecule has 0 spiro atoms. The van der Waals surface area contributed by atoms with Gasteiger partial charge in [-0.3, -0.25) is 9.59 Å². The molecule has 4 rings (SSSR count). The van der Waals surface area contributed by atoms with Gasteiger partial charge in [-0.05, 0) is 47.9 Å². The van der Waals surface area contributed by atoms with Crippen LogP contribution in [0.4, 0.5) is 0 Å². The lowest BCUT2D eigenvalue weighted by Gasteiger charge is -2.18. The Hall–Kier alpha value is -3.28. The van der Waals surface area contributed by atoms with Crippen molar-refractivity contribution in [1.29, 1.82) is 0 Å². The molecule has 2 aliphatic rings. The number of benzene rings is 2. The van der Waals surface area contributed by atoms with Gasteiger partial charge in [0.05, 0.1) is 0 Å². The molecular weight excluding hydrogens is 356 g/mol. The zero-order valence-electron chi connectivity index (χ0n) is 15.4. The summed E-state index contributed by atoms with van der Waals surface area (Å²) in [7, 11) is 0. The Morgan fingerprint density at radius 1 is 1.07 bits per heavy atom. The molecule has 0 unspecified atom stereocenters. The first-order valence-corrected chi connectivity index (χ1v) is 9.33. The maximum Gasteiger partial charge on any atom is 0.251 e. The third-order valence-electron chi connectivity index (χ3n) is 4.97. The van der Waals surface area contributed by atoms with Crippen molar-refractivity contribution in [3.8, 4) is 11.5 Å². The van der Waals surface area contributed by atoms with E-state index in [4.69, 9.17) is 9.47 Å². The van der Waals surface area contributed by atoms with Crippen LogP contribution < -0.4 is 20.1 Å². The van der Waals surface area contributed by atoms with Crippen LogP contribution in [-0.2, 0) is 11.3 Å². The molecule has 1 fully saturated rings. The van der Waals surface area contributed by atoms with E-state index in [2.05, 4.69) is 17.2 Å². The van der Waals surface area contributed by atoms with Gasteiger partial charge in [0.25, 0.3) is 5.91 Å². The van der Waals surface area contributed by atoms with Gasteiger partial charge in [0, 0.05) is 24.1 Å². The second-order valence-corrected chi connectivity index (χ2v) is 6.94. The fourth-order valence-corrected chi connectivity index (χ4v) is 3.30. The number of nitrogens with one attached hydrogen (secondary N) is 2. The van der Waals surface area contributed by atoms with Crippen molar-refractivity contribution >= 4 is 11.8 Å². The van der Waals surface area contributed by atoms with Crippen LogP contribution >= 0.6 is 0 Å². The highest BCUT2D eigenvalue weighted by Crippen LogP contribution is 2.44. The first kappa shape index (κ1) is 18.1. The minimum atomic E-state index is -0.222. The molecule has 2 amide bonds. The van der Waals surface area contributed by atoms with E-state index in [0.29, 0.717) is 31.2 Å². The van der Waals surface area contributed by atoms with Crippen molar-refractivity contribution in [3.05, 3.63) is 71.8 Å². The summed E-state index contributed by atoms with van der Waals surface area (Å²) in [6.07, 6.45) is 2.15. The average molecular weight is 378 g/mol. The molecule has 2 N–H and O–H groups in total. The third-order valence-corrected chi connectivity index (χ3v) is 4.97. The van der Waals surface area contributed by atoms with E-state index >= 15 is 0 Å². The Kier molecular flexibility index (Phi) is 5.02. The number of fused-ring (bicyclic) bond motifs is 1. The van der Waals surface area contributed by atoms with Crippen LogP contribution in [0.15, 0.2) is 55.1 Å². The summed E-state index contributed by atoms with van der Waals surface area (Å²) >= 11 is 0. The largest absolute Gasteiger partial charge is 0.486 e. The van der Waals surface area contributed by atoms with Crippen LogP contribution in [0.25, 0.3) is 0 Å². The lowest BCUT2D eigenvalue weighted by Crippen LogP contribution is -2.26. The van der Waals surface area contributed by atoms with E-state index in [0.717, 1.165) is 29.0 Å². The van der Waals surface area contributed by atoms with Gasteiger partial charge < -0.3 is 20.1 Å². The highest BCUT2D eigenvalue weighted by Gasteiger charge is 2.40. The standard InChI is InChI=1S/C22H22N2O4/c1-2-21(25)23-13-14-3-5-15(6-4-14)22(26)24-18-12-17(18)16-7-8-19-20(11-16)28-10-9-27-19/h2-8,11,17-18H,1,9-10,12-13H2,(H,23,25)(H,24,26)/t17-,18+/m0/s1. The number of ether oxygens (including phenoxy) is 2. The van der Waals surface area contributed by atoms with Gasteiger partial charge in [0.2, 0.25) is 5.91 Å². The second kappa shape index (κ2) is 7.76. The molecule has 1 aliphatic heterocycles. The summed E-state index contributed by atoms with van der Waals surface area (Å²) in [6.45, 7) is 4.96. The van der Waals surface area contributed by atoms with Gasteiger partial charge in [0.15, 0.2) is 11.5 Å². The molecule has 1 aliphatic carbocycles. The maximum atomic E-state index is 12.5. The molecule has 28 heavy (non-hydrogen) atoms. The molecule has 144 valence electrons. The number of hydrogen-bond donors (Lipinski definition) is 2. The summed E-state index contributed by atoms with van der Waals surface area (Å²) in [5, 5.41) is 5.79. The van der Waals surface area contributed by atoms with Crippen LogP contribution in [0.3, 0.4) is 0 Å². The Labute approximate surface area is 163 Å². The fraction of sp³-hybridized carbons (Fsp3) is 0.273. The van der Waals surface area contributed by atoms with E-state index < -0.39 is 0 Å². The zero-order valence-corrected chi connectivity index (χ0v) is 15.4. The molecule has 0 saturated heterocycles. The molecule has 0 aromatic heterocycles. The van der Waals surface area contributed by atoms with Crippen LogP contribution in [0.2, 0.25) is 0 Å². The SMILES string of the molecule is C=CC(=O)NCc1ccc(C(=O)N[C@@H]2C[C@H]2c2ccc3c(c2)OCCO3)cc1. The summed E-state index contributed by atoms with van der Waals surface area (Å²) < 4.78 is 11.2. The minimum absolute atomic E-state index is 0.0910. The molecule has 6 nitrogen and oxygen atoms in total. The van der Waals surface area contributed by atoms with Crippen LogP contribution in [-0.4, -0.2) is 31.1 Å². The first-order valence-electron chi connectivity index (χ1n) is 9.33. The molecular formula is C22H22N2O4. The molecule has 2 atom stereocenters. The van der Waals surface area contributed by atoms with Crippen molar-refractivity contribution in [3.63, 3.8) is 0 Å². The van der Waals surface area contributed by atoms with Crippen molar-refractivity contribution in [2.24, 2.45) is 0 Å². The van der Waals surface area contributed by atoms with Gasteiger partial charge in [-0.2, -0.15) is 0 Å². The van der Waals surface area contributed by atoms with E-state index in [1.807, 2.05) is 30.3 Å². The number of amides is 2. The minimum Gasteiger partial charge on any atom is -0.486 e. The Bertz CT molecular complexity index is 907. The van der Waals surface area contributed by atoms with Gasteiger partial charge in [-0.25, -0.2) is 0 Å². The van der Waals surface area contributed by atoms with E-state index in [1.165, 1.54) is 6.08 Å². The zero-order chi connectivity index (χ0) is 19.5. The van der Waals surface area contributed by atoms with Crippen molar-refractivity contribution in [1.82, 2.24) is 10.6 Å². The second-order valence-electron chi connectivity index (χ2n) is 6.94. The molecule has 6 heteroatoms. The lowest BCUT2D eigenvalue weighted by molar-refractivity contribution is -0.116. The van der Waals surface area contributed by atoms with Crippen molar-refractivity contribution in [2.75, 3.05) is 13.2 Å². The quantitative estimate of drug-likeness (QED) is 0.758. The summed E-state index contributed by atoms with van der Waals surface area (Å²) in [6, 6.07) is 13.3. The number of carbonyl (C=O) groups is 2. The first-order chi connectivity index (χ1) is 13.6. The third kappa shape index (κ3) is 4.01. The predicted octanol–water partition coefficient (Wildman–Crippen LogP) is 2.55. The average Bonchev–Trinajstić information content (AvgIpc) is 3.51. The smallest absolute Gasteiger partial charge is 0.251 e. The summed E-state index contributed by atoms with van der Waals surface area (Å²) in [5.41, 5.74) is 2.68. The van der Waals surface area contributed by atoms with Crippen molar-refractivity contribution < 1.29 is 19.1 Å². The van der Waals surface area contributed by atoms with Gasteiger partial charge in [-0.1, -0.05) is 24.8 Å². The molecule has 2 aromatic carbocycles. The Balaban J connectivity index is 1.32. The lowest BCUT2D eigenvalue weighted by atomic mass is 10.1. The fourth-order valence-electron chi connectivity index (χ4n) is 3.30. The molecule has 1 heterocycles. The van der Waals surface area contributed by atoms with Crippen molar-refractivity contribution in [2.45, 2.75) is 24.9 Å². The normalized spacial score (nSPS) is 19.4. The molecule has 1 saturated carbocycles. The van der Waals surface area contributed by atoms with Gasteiger partial charge >= 0.3 is 0 Å². The van der Waals surface area contributed by atoms with E-state index in [1.54, 1.807) is 12.1 Å². The van der Waals surface area contributed by atoms with Gasteiger partial charge in [-0.15, -0.1) is 0 Å².